The zero-order chi connectivity index (χ0) is 28.0. The third-order valence-corrected chi connectivity index (χ3v) is 6.84. The maximum Gasteiger partial charge on any atom is 0.573 e. The monoisotopic (exact) mass is 543 g/mol. The van der Waals surface area contributed by atoms with E-state index in [-0.39, 0.29) is 24.2 Å². The summed E-state index contributed by atoms with van der Waals surface area (Å²) in [5.41, 5.74) is 3.57. The van der Waals surface area contributed by atoms with Crippen LogP contribution in [0.4, 0.5) is 19.1 Å². The third kappa shape index (κ3) is 7.84. The average Bonchev–Trinajstić information content (AvgIpc) is 2.89. The number of aromatic nitrogens is 2. The number of ether oxygens (including phenoxy) is 2. The van der Waals surface area contributed by atoms with Gasteiger partial charge in [-0.3, -0.25) is 4.79 Å². The van der Waals surface area contributed by atoms with Crippen molar-refractivity contribution in [1.29, 1.82) is 0 Å². The average molecular weight is 544 g/mol. The summed E-state index contributed by atoms with van der Waals surface area (Å²) in [6.07, 6.45) is 1.88. The second-order valence-corrected chi connectivity index (χ2v) is 9.80. The molecule has 1 aromatic heterocycles. The molecule has 7 nitrogen and oxygen atoms in total. The maximum absolute atomic E-state index is 12.5. The molecule has 2 heterocycles. The molecule has 1 unspecified atom stereocenters. The molecule has 0 aliphatic carbocycles. The molecular weight excluding hydrogens is 511 g/mol. The van der Waals surface area contributed by atoms with Gasteiger partial charge in [0.2, 0.25) is 5.95 Å². The Morgan fingerprint density at radius 2 is 1.85 bits per heavy atom. The molecule has 208 valence electrons. The van der Waals surface area contributed by atoms with Crippen LogP contribution in [-0.4, -0.2) is 40.1 Å². The van der Waals surface area contributed by atoms with E-state index in [2.05, 4.69) is 21.6 Å². The molecule has 0 bridgehead atoms. The number of fused-ring (bicyclic) bond motifs is 1. The summed E-state index contributed by atoms with van der Waals surface area (Å²) in [4.78, 5) is 22.3. The van der Waals surface area contributed by atoms with Crippen molar-refractivity contribution in [3.05, 3.63) is 77.1 Å². The van der Waals surface area contributed by atoms with Crippen LogP contribution in [-0.2, 0) is 30.6 Å². The largest absolute Gasteiger partial charge is 0.573 e. The Bertz CT molecular complexity index is 1250. The van der Waals surface area contributed by atoms with Gasteiger partial charge < -0.3 is 19.5 Å². The fraction of sp³-hybridized carbons (Fsp3) is 0.414. The van der Waals surface area contributed by atoms with Crippen molar-refractivity contribution < 1.29 is 32.5 Å². The van der Waals surface area contributed by atoms with Crippen molar-refractivity contribution in [1.82, 2.24) is 9.97 Å². The fourth-order valence-electron chi connectivity index (χ4n) is 4.80. The highest BCUT2D eigenvalue weighted by molar-refractivity contribution is 5.71. The van der Waals surface area contributed by atoms with E-state index < -0.39 is 12.3 Å². The predicted molar refractivity (Wildman–Crippen MR) is 140 cm³/mol. The summed E-state index contributed by atoms with van der Waals surface area (Å²) < 4.78 is 47.9. The van der Waals surface area contributed by atoms with Crippen LogP contribution < -0.4 is 14.4 Å². The molecule has 3 aromatic rings. The number of anilines is 1. The number of nitrogens with zero attached hydrogens (tertiary/aromatic N) is 3. The van der Waals surface area contributed by atoms with E-state index in [0.717, 1.165) is 53.7 Å². The van der Waals surface area contributed by atoms with E-state index in [1.807, 2.05) is 30.0 Å². The lowest BCUT2D eigenvalue weighted by Crippen LogP contribution is -2.33. The molecule has 0 radical (unpaired) electrons. The van der Waals surface area contributed by atoms with Gasteiger partial charge in [0.25, 0.3) is 0 Å². The van der Waals surface area contributed by atoms with E-state index in [1.165, 1.54) is 12.1 Å². The number of aryl methyl sites for hydroxylation is 1. The Kier molecular flexibility index (Phi) is 8.93. The van der Waals surface area contributed by atoms with Crippen LogP contribution in [0, 0.1) is 5.92 Å². The second kappa shape index (κ2) is 12.4. The minimum absolute atomic E-state index is 0.0263. The molecule has 1 aliphatic rings. The van der Waals surface area contributed by atoms with Gasteiger partial charge in [0.15, 0.2) is 0 Å². The number of alkyl halides is 3. The number of aliphatic carboxylic acids is 1. The van der Waals surface area contributed by atoms with Crippen molar-refractivity contribution in [2.45, 2.75) is 65.0 Å². The molecule has 0 spiro atoms. The molecule has 2 atom stereocenters. The first-order valence-corrected chi connectivity index (χ1v) is 13.0. The van der Waals surface area contributed by atoms with E-state index in [0.29, 0.717) is 19.0 Å². The van der Waals surface area contributed by atoms with Gasteiger partial charge in [0.05, 0.1) is 6.42 Å². The van der Waals surface area contributed by atoms with Crippen LogP contribution in [0.2, 0.25) is 0 Å². The number of halogens is 3. The number of carboxylic acids is 1. The number of carboxylic acid groups (broad SMARTS) is 1. The molecule has 0 saturated heterocycles. The van der Waals surface area contributed by atoms with Crippen LogP contribution in [0.3, 0.4) is 0 Å². The second-order valence-electron chi connectivity index (χ2n) is 9.80. The first kappa shape index (κ1) is 28.2. The zero-order valence-electron chi connectivity index (χ0n) is 21.9. The van der Waals surface area contributed by atoms with Crippen molar-refractivity contribution in [2.24, 2.45) is 5.92 Å². The molecule has 0 saturated carbocycles. The summed E-state index contributed by atoms with van der Waals surface area (Å²) in [6, 6.07) is 11.4. The van der Waals surface area contributed by atoms with Crippen molar-refractivity contribution in [3.63, 3.8) is 0 Å². The maximum atomic E-state index is 12.5. The van der Waals surface area contributed by atoms with Gasteiger partial charge in [-0.2, -0.15) is 0 Å². The summed E-state index contributed by atoms with van der Waals surface area (Å²) in [5.74, 6) is 0.367. The molecule has 2 aromatic carbocycles. The van der Waals surface area contributed by atoms with Crippen LogP contribution in [0.1, 0.15) is 48.9 Å². The Morgan fingerprint density at radius 1 is 1.13 bits per heavy atom. The van der Waals surface area contributed by atoms with Gasteiger partial charge in [-0.25, -0.2) is 9.97 Å². The van der Waals surface area contributed by atoms with Gasteiger partial charge in [-0.05, 0) is 72.1 Å². The van der Waals surface area contributed by atoms with E-state index in [1.54, 1.807) is 24.5 Å². The molecule has 1 N–H and O–H groups in total. The lowest BCUT2D eigenvalue weighted by molar-refractivity contribution is -0.274. The van der Waals surface area contributed by atoms with Crippen LogP contribution >= 0.6 is 0 Å². The van der Waals surface area contributed by atoms with Gasteiger partial charge in [-0.1, -0.05) is 38.1 Å². The molecule has 0 fully saturated rings. The quantitative estimate of drug-likeness (QED) is 0.318. The van der Waals surface area contributed by atoms with Gasteiger partial charge in [-0.15, -0.1) is 13.2 Å². The first-order chi connectivity index (χ1) is 18.6. The number of carbonyl (C=O) groups is 1. The topological polar surface area (TPSA) is 84.8 Å². The minimum Gasteiger partial charge on any atom is -0.490 e. The highest BCUT2D eigenvalue weighted by atomic mass is 19.4. The summed E-state index contributed by atoms with van der Waals surface area (Å²) in [5, 5.41) is 9.23. The van der Waals surface area contributed by atoms with Gasteiger partial charge >= 0.3 is 12.3 Å². The molecule has 4 rings (SSSR count). The third-order valence-electron chi connectivity index (χ3n) is 6.84. The Hall–Kier alpha value is -3.82. The summed E-state index contributed by atoms with van der Waals surface area (Å²) >= 11 is 0. The normalized spacial score (nSPS) is 16.7. The van der Waals surface area contributed by atoms with E-state index >= 15 is 0 Å². The zero-order valence-corrected chi connectivity index (χ0v) is 21.9. The molecular formula is C29H32F3N3O4. The van der Waals surface area contributed by atoms with E-state index in [9.17, 15) is 23.1 Å². The SMILES string of the molecule is CCc1cnc(N(CCCC2Oc3cccc(CC(=O)O)c3C[C@H]2C)Cc2ccc(OC(F)(F)F)cc2)nc1. The summed E-state index contributed by atoms with van der Waals surface area (Å²) in [6.45, 7) is 5.17. The van der Waals surface area contributed by atoms with Gasteiger partial charge in [0.1, 0.15) is 17.6 Å². The molecule has 39 heavy (non-hydrogen) atoms. The number of benzene rings is 2. The van der Waals surface area contributed by atoms with Crippen molar-refractivity contribution in [2.75, 3.05) is 11.4 Å². The Labute approximate surface area is 225 Å². The molecule has 10 heteroatoms. The predicted octanol–water partition coefficient (Wildman–Crippen LogP) is 5.99. The van der Waals surface area contributed by atoms with Crippen molar-refractivity contribution in [3.8, 4) is 11.5 Å². The smallest absolute Gasteiger partial charge is 0.490 e. The highest BCUT2D eigenvalue weighted by Crippen LogP contribution is 2.35. The highest BCUT2D eigenvalue weighted by Gasteiger charge is 2.31. The van der Waals surface area contributed by atoms with Crippen LogP contribution in [0.15, 0.2) is 54.9 Å². The lowest BCUT2D eigenvalue weighted by atomic mass is 9.87. The Balaban J connectivity index is 1.43. The van der Waals surface area contributed by atoms with Crippen molar-refractivity contribution >= 4 is 11.9 Å². The number of rotatable bonds is 11. The standard InChI is InChI=1S/C29H32F3N3O4/c1-3-20-16-33-28(34-17-20)35(18-21-9-11-23(12-10-21)39-29(30,31)32)13-5-8-25-19(2)14-24-22(15-27(36)37)6-4-7-26(24)38-25/h4,6-7,9-12,16-17,19,25H,3,5,8,13-15,18H2,1-2H3,(H,36,37)/t19-,25?/m1/s1. The molecule has 0 amide bonds. The number of hydrogen-bond donors (Lipinski definition) is 1. The van der Waals surface area contributed by atoms with Crippen LogP contribution in [0.5, 0.6) is 11.5 Å². The lowest BCUT2D eigenvalue weighted by Gasteiger charge is -2.33. The first-order valence-electron chi connectivity index (χ1n) is 13.0. The number of hydrogen-bond acceptors (Lipinski definition) is 6. The van der Waals surface area contributed by atoms with Gasteiger partial charge in [0, 0.05) is 25.5 Å². The Morgan fingerprint density at radius 3 is 2.49 bits per heavy atom. The van der Waals surface area contributed by atoms with Crippen LogP contribution in [0.25, 0.3) is 0 Å². The summed E-state index contributed by atoms with van der Waals surface area (Å²) in [7, 11) is 0. The molecule has 1 aliphatic heterocycles. The van der Waals surface area contributed by atoms with E-state index in [4.69, 9.17) is 4.74 Å². The fourth-order valence-corrected chi connectivity index (χ4v) is 4.80. The minimum atomic E-state index is -4.74.